The van der Waals surface area contributed by atoms with Crippen molar-refractivity contribution in [2.75, 3.05) is 0 Å². The molecule has 0 amide bonds. The Morgan fingerprint density at radius 2 is 1.28 bits per heavy atom. The van der Waals surface area contributed by atoms with Gasteiger partial charge in [0.05, 0.1) is 11.2 Å². The minimum Gasteiger partial charge on any atom is -0.387 e. The van der Waals surface area contributed by atoms with E-state index in [1.165, 1.54) is 16.5 Å². The van der Waals surface area contributed by atoms with Gasteiger partial charge in [-0.3, -0.25) is 0 Å². The zero-order chi connectivity index (χ0) is 14.6. The molecule has 2 nitrogen and oxygen atoms in total. The predicted octanol–water partition coefficient (Wildman–Crippen LogP) is -0.374. The molecule has 0 spiro atoms. The summed E-state index contributed by atoms with van der Waals surface area (Å²) in [5.74, 6) is 0. The fourth-order valence-corrected chi connectivity index (χ4v) is 1.47. The summed E-state index contributed by atoms with van der Waals surface area (Å²) in [4.78, 5) is 0. The highest BCUT2D eigenvalue weighted by Crippen LogP contribution is 2.19. The van der Waals surface area contributed by atoms with Crippen LogP contribution in [-0.4, -0.2) is 37.1 Å². The maximum atomic E-state index is 9.10. The largest absolute Gasteiger partial charge is 0.387 e. The summed E-state index contributed by atoms with van der Waals surface area (Å²) in [5.41, 5.74) is 2.03. The van der Waals surface area contributed by atoms with Crippen LogP contribution >= 0.6 is 15.9 Å². The van der Waals surface area contributed by atoms with E-state index in [1.807, 2.05) is 0 Å². The van der Waals surface area contributed by atoms with Gasteiger partial charge >= 0.3 is 0 Å². The Bertz CT molecular complexity index is 349. The lowest BCUT2D eigenvalue weighted by atomic mass is 9.86. The zero-order valence-corrected chi connectivity index (χ0v) is 13.8. The molecule has 0 bridgehead atoms. The van der Waals surface area contributed by atoms with Crippen LogP contribution < -0.4 is 10.9 Å². The summed E-state index contributed by atoms with van der Waals surface area (Å²) in [6.45, 7) is 6.31. The van der Waals surface area contributed by atoms with E-state index in [2.05, 4.69) is 49.8 Å². The average Bonchev–Trinajstić information content (AvgIpc) is 2.13. The lowest BCUT2D eigenvalue weighted by Gasteiger charge is -2.31. The second-order valence-electron chi connectivity index (χ2n) is 5.75. The van der Waals surface area contributed by atoms with Crippen molar-refractivity contribution in [3.63, 3.8) is 0 Å². The van der Waals surface area contributed by atoms with Gasteiger partial charge < -0.3 is 10.2 Å². The highest BCUT2D eigenvalue weighted by atomic mass is 79.9. The Balaban J connectivity index is 0.000000331. The molecule has 1 aromatic rings. The Morgan fingerprint density at radius 3 is 1.50 bits per heavy atom. The quantitative estimate of drug-likeness (QED) is 0.578. The van der Waals surface area contributed by atoms with Crippen LogP contribution in [0.1, 0.15) is 33.3 Å². The van der Waals surface area contributed by atoms with E-state index in [1.54, 1.807) is 27.7 Å². The van der Waals surface area contributed by atoms with E-state index in [-0.39, 0.29) is 0 Å². The van der Waals surface area contributed by atoms with Crippen molar-refractivity contribution in [1.29, 1.82) is 0 Å². The number of hydrogen-bond acceptors (Lipinski definition) is 2. The maximum Gasteiger partial charge on any atom is 0.139 e. The molecule has 0 aliphatic carbocycles. The molecule has 0 atom stereocenters. The Labute approximate surface area is 121 Å². The van der Waals surface area contributed by atoms with Crippen LogP contribution in [0.25, 0.3) is 0 Å². The Morgan fingerprint density at radius 1 is 0.944 bits per heavy atom. The van der Waals surface area contributed by atoms with E-state index in [9.17, 15) is 0 Å². The van der Waals surface area contributed by atoms with Gasteiger partial charge in [-0.05, 0) is 33.3 Å². The number of aliphatic hydroxyl groups is 2. The van der Waals surface area contributed by atoms with Crippen molar-refractivity contribution in [1.82, 2.24) is 0 Å². The summed E-state index contributed by atoms with van der Waals surface area (Å²) >= 11 is 3.43. The number of benzene rings is 1. The van der Waals surface area contributed by atoms with Gasteiger partial charge in [-0.15, -0.1) is 0 Å². The first kappa shape index (κ1) is 17.7. The highest BCUT2D eigenvalue weighted by Gasteiger charge is 2.31. The van der Waals surface area contributed by atoms with E-state index in [4.69, 9.17) is 10.2 Å². The smallest absolute Gasteiger partial charge is 0.139 e. The molecule has 0 heterocycles. The van der Waals surface area contributed by atoms with Crippen molar-refractivity contribution in [3.05, 3.63) is 23.8 Å². The van der Waals surface area contributed by atoms with Crippen LogP contribution in [0.2, 0.25) is 0 Å². The topological polar surface area (TPSA) is 40.5 Å². The summed E-state index contributed by atoms with van der Waals surface area (Å²) in [6, 6.07) is 6.58. The Hall–Kier alpha value is -0.250. The van der Waals surface area contributed by atoms with Gasteiger partial charge in [0.1, 0.15) is 15.7 Å². The van der Waals surface area contributed by atoms with Crippen molar-refractivity contribution >= 4 is 42.5 Å². The second-order valence-corrected chi connectivity index (χ2v) is 6.31. The van der Waals surface area contributed by atoms with Crippen molar-refractivity contribution < 1.29 is 10.2 Å². The van der Waals surface area contributed by atoms with Crippen LogP contribution in [0.5, 0.6) is 0 Å². The van der Waals surface area contributed by atoms with E-state index in [0.29, 0.717) is 0 Å². The molecule has 18 heavy (non-hydrogen) atoms. The monoisotopic (exact) mass is 312 g/mol. The molecular formula is C13H23B2BrO2. The van der Waals surface area contributed by atoms with Crippen molar-refractivity contribution in [2.24, 2.45) is 0 Å². The van der Waals surface area contributed by atoms with Crippen LogP contribution in [0.3, 0.4) is 0 Å². The first-order chi connectivity index (χ1) is 7.97. The Kier molecular flexibility index (Phi) is 6.69. The van der Waals surface area contributed by atoms with Gasteiger partial charge in [0.25, 0.3) is 0 Å². The molecule has 0 fully saturated rings. The standard InChI is InChI=1S/C7H9B2Br.C6H14O2/c8-6-1-5(4-10)2-7(9)3-6;1-5(2,7)6(3,4)8/h1-3H,4,8-9H2;7-8H,1-4H3. The predicted molar refractivity (Wildman–Crippen MR) is 88.0 cm³/mol. The zero-order valence-electron chi connectivity index (χ0n) is 12.2. The van der Waals surface area contributed by atoms with E-state index in [0.717, 1.165) is 5.33 Å². The normalized spacial score (nSPS) is 11.7. The molecule has 0 saturated heterocycles. The molecule has 1 aromatic carbocycles. The molecule has 0 aromatic heterocycles. The molecule has 0 radical (unpaired) electrons. The third-order valence-corrected chi connectivity index (χ3v) is 3.58. The highest BCUT2D eigenvalue weighted by molar-refractivity contribution is 9.08. The van der Waals surface area contributed by atoms with Gasteiger partial charge in [-0.1, -0.05) is 45.1 Å². The van der Waals surface area contributed by atoms with E-state index >= 15 is 0 Å². The molecule has 2 N–H and O–H groups in total. The first-order valence-electron chi connectivity index (χ1n) is 6.05. The molecule has 0 aliphatic rings. The number of rotatable bonds is 2. The van der Waals surface area contributed by atoms with Gasteiger partial charge in [-0.25, -0.2) is 0 Å². The van der Waals surface area contributed by atoms with Crippen LogP contribution in [0.4, 0.5) is 0 Å². The average molecular weight is 313 g/mol. The minimum atomic E-state index is -1.01. The van der Waals surface area contributed by atoms with Crippen molar-refractivity contribution in [3.8, 4) is 0 Å². The first-order valence-corrected chi connectivity index (χ1v) is 7.17. The van der Waals surface area contributed by atoms with Gasteiger partial charge in [0.15, 0.2) is 0 Å². The van der Waals surface area contributed by atoms with Gasteiger partial charge in [0, 0.05) is 5.33 Å². The van der Waals surface area contributed by atoms with Crippen LogP contribution in [0.15, 0.2) is 18.2 Å². The molecular weight excluding hydrogens is 290 g/mol. The summed E-state index contributed by atoms with van der Waals surface area (Å²) in [5, 5.41) is 19.2. The fraction of sp³-hybridized carbons (Fsp3) is 0.538. The van der Waals surface area contributed by atoms with Crippen LogP contribution in [-0.2, 0) is 5.33 Å². The fourth-order valence-electron chi connectivity index (χ4n) is 1.15. The van der Waals surface area contributed by atoms with Crippen molar-refractivity contribution in [2.45, 2.75) is 44.2 Å². The summed E-state index contributed by atoms with van der Waals surface area (Å²) in [6.07, 6.45) is 0. The number of halogens is 1. The second kappa shape index (κ2) is 6.78. The number of alkyl halides is 1. The molecule has 0 saturated carbocycles. The lowest BCUT2D eigenvalue weighted by Crippen LogP contribution is -2.44. The number of hydrogen-bond donors (Lipinski definition) is 2. The molecule has 100 valence electrons. The summed E-state index contributed by atoms with van der Waals surface area (Å²) < 4.78 is 0. The van der Waals surface area contributed by atoms with Gasteiger partial charge in [0.2, 0.25) is 0 Å². The molecule has 5 heteroatoms. The third kappa shape index (κ3) is 6.62. The molecule has 1 rings (SSSR count). The van der Waals surface area contributed by atoms with Crippen LogP contribution in [0, 0.1) is 0 Å². The minimum absolute atomic E-state index is 0.954. The van der Waals surface area contributed by atoms with E-state index < -0.39 is 11.2 Å². The maximum absolute atomic E-state index is 9.10. The molecule has 0 aliphatic heterocycles. The molecule has 0 unspecified atom stereocenters. The summed E-state index contributed by atoms with van der Waals surface area (Å²) in [7, 11) is 4.25. The third-order valence-electron chi connectivity index (χ3n) is 2.93. The SMILES string of the molecule is Bc1cc(B)cc(CBr)c1.CC(C)(O)C(C)(C)O. The lowest BCUT2D eigenvalue weighted by molar-refractivity contribution is -0.107. The van der Waals surface area contributed by atoms with Gasteiger partial charge in [-0.2, -0.15) is 0 Å².